The van der Waals surface area contributed by atoms with Crippen molar-refractivity contribution in [2.45, 2.75) is 56.5 Å². The molecule has 3 N–H and O–H groups in total. The molecule has 1 aliphatic rings. The monoisotopic (exact) mass is 389 g/mol. The van der Waals surface area contributed by atoms with E-state index in [-0.39, 0.29) is 35.3 Å². The van der Waals surface area contributed by atoms with Crippen LogP contribution in [0, 0.1) is 0 Å². The number of halogens is 1. The fourth-order valence-corrected chi connectivity index (χ4v) is 4.48. The van der Waals surface area contributed by atoms with Crippen molar-refractivity contribution < 1.29 is 13.2 Å². The van der Waals surface area contributed by atoms with Gasteiger partial charge in [0.05, 0.1) is 4.90 Å². The van der Waals surface area contributed by atoms with Gasteiger partial charge in [-0.2, -0.15) is 4.31 Å². The summed E-state index contributed by atoms with van der Waals surface area (Å²) in [5.41, 5.74) is 6.35. The van der Waals surface area contributed by atoms with E-state index in [9.17, 15) is 13.2 Å². The molecule has 142 valence electrons. The lowest BCUT2D eigenvalue weighted by molar-refractivity contribution is 0.0925. The molecule has 0 saturated heterocycles. The lowest BCUT2D eigenvalue weighted by Crippen LogP contribution is -2.40. The van der Waals surface area contributed by atoms with E-state index in [1.165, 1.54) is 16.4 Å². The fraction of sp³-hybridized carbons (Fsp3) is 0.588. The fourth-order valence-electron chi connectivity index (χ4n) is 3.02. The van der Waals surface area contributed by atoms with Gasteiger partial charge in [-0.3, -0.25) is 4.79 Å². The van der Waals surface area contributed by atoms with Gasteiger partial charge >= 0.3 is 0 Å². The Labute approximate surface area is 156 Å². The summed E-state index contributed by atoms with van der Waals surface area (Å²) in [4.78, 5) is 12.5. The summed E-state index contributed by atoms with van der Waals surface area (Å²) in [5, 5.41) is 3.00. The number of hydrogen-bond acceptors (Lipinski definition) is 4. The van der Waals surface area contributed by atoms with Gasteiger partial charge < -0.3 is 11.1 Å². The summed E-state index contributed by atoms with van der Waals surface area (Å²) in [7, 11) is -3.49. The zero-order valence-electron chi connectivity index (χ0n) is 14.8. The molecule has 0 unspecified atom stereocenters. The molecule has 0 radical (unpaired) electrons. The van der Waals surface area contributed by atoms with Crippen LogP contribution in [0.25, 0.3) is 0 Å². The smallest absolute Gasteiger partial charge is 0.251 e. The number of nitrogens with zero attached hydrogens (tertiary/aromatic N) is 1. The van der Waals surface area contributed by atoms with Gasteiger partial charge in [0.1, 0.15) is 0 Å². The number of benzene rings is 1. The van der Waals surface area contributed by atoms with Crippen molar-refractivity contribution in [3.8, 4) is 0 Å². The minimum absolute atomic E-state index is 0. The maximum absolute atomic E-state index is 12.4. The van der Waals surface area contributed by atoms with Crippen LogP contribution in [0.3, 0.4) is 0 Å². The minimum atomic E-state index is -3.49. The van der Waals surface area contributed by atoms with Crippen LogP contribution in [0.15, 0.2) is 29.2 Å². The van der Waals surface area contributed by atoms with Crippen LogP contribution in [0.2, 0.25) is 0 Å². The SMILES string of the molecule is CCN(CC)S(=O)(=O)c1ccc(C(=O)NC2CCC(N)CC2)cc1.Cl. The van der Waals surface area contributed by atoms with E-state index in [1.807, 2.05) is 0 Å². The van der Waals surface area contributed by atoms with Crippen molar-refractivity contribution in [1.29, 1.82) is 0 Å². The molecule has 1 amide bonds. The predicted octanol–water partition coefficient (Wildman–Crippen LogP) is 2.14. The summed E-state index contributed by atoms with van der Waals surface area (Å²) < 4.78 is 26.3. The average molecular weight is 390 g/mol. The largest absolute Gasteiger partial charge is 0.349 e. The molecule has 25 heavy (non-hydrogen) atoms. The summed E-state index contributed by atoms with van der Waals surface area (Å²) in [6.07, 6.45) is 3.63. The third-order valence-electron chi connectivity index (χ3n) is 4.57. The number of hydrogen-bond donors (Lipinski definition) is 2. The van der Waals surface area contributed by atoms with Crippen molar-refractivity contribution >= 4 is 28.3 Å². The molecule has 1 saturated carbocycles. The van der Waals surface area contributed by atoms with E-state index >= 15 is 0 Å². The molecule has 0 bridgehead atoms. The van der Waals surface area contributed by atoms with Gasteiger partial charge in [-0.25, -0.2) is 8.42 Å². The van der Waals surface area contributed by atoms with E-state index < -0.39 is 10.0 Å². The van der Waals surface area contributed by atoms with Crippen LogP contribution in [0.5, 0.6) is 0 Å². The van der Waals surface area contributed by atoms with Crippen LogP contribution in [0.1, 0.15) is 49.9 Å². The number of rotatable bonds is 6. The topological polar surface area (TPSA) is 92.5 Å². The van der Waals surface area contributed by atoms with Crippen molar-refractivity contribution in [3.05, 3.63) is 29.8 Å². The minimum Gasteiger partial charge on any atom is -0.349 e. The van der Waals surface area contributed by atoms with E-state index in [0.717, 1.165) is 25.7 Å². The number of amides is 1. The highest BCUT2D eigenvalue weighted by Gasteiger charge is 2.23. The lowest BCUT2D eigenvalue weighted by atomic mass is 9.91. The Morgan fingerprint density at radius 2 is 1.64 bits per heavy atom. The molecule has 2 rings (SSSR count). The molecule has 0 aromatic heterocycles. The van der Waals surface area contributed by atoms with Crippen molar-refractivity contribution in [3.63, 3.8) is 0 Å². The summed E-state index contributed by atoms with van der Waals surface area (Å²) in [6.45, 7) is 4.45. The third-order valence-corrected chi connectivity index (χ3v) is 6.63. The quantitative estimate of drug-likeness (QED) is 0.779. The Morgan fingerprint density at radius 3 is 2.12 bits per heavy atom. The molecule has 0 spiro atoms. The van der Waals surface area contributed by atoms with Crippen LogP contribution in [0.4, 0.5) is 0 Å². The number of carbonyl (C=O) groups excluding carboxylic acids is 1. The Bertz CT molecular complexity index is 652. The van der Waals surface area contributed by atoms with E-state index in [4.69, 9.17) is 5.73 Å². The Hall–Kier alpha value is -1.15. The van der Waals surface area contributed by atoms with Crippen LogP contribution >= 0.6 is 12.4 Å². The van der Waals surface area contributed by atoms with Gasteiger partial charge in [-0.05, 0) is 49.9 Å². The first-order chi connectivity index (χ1) is 11.4. The van der Waals surface area contributed by atoms with E-state index in [1.54, 1.807) is 26.0 Å². The number of sulfonamides is 1. The predicted molar refractivity (Wildman–Crippen MR) is 101 cm³/mol. The standard InChI is InChI=1S/C17H27N3O3S.ClH/c1-3-20(4-2)24(22,23)16-11-5-13(6-12-16)17(21)19-15-9-7-14(18)8-10-15;/h5-6,11-12,14-15H,3-4,7-10,18H2,1-2H3,(H,19,21);1H. The van der Waals surface area contributed by atoms with Gasteiger partial charge in [0.2, 0.25) is 10.0 Å². The molecule has 1 aromatic rings. The van der Waals surface area contributed by atoms with E-state index in [2.05, 4.69) is 5.32 Å². The second-order valence-electron chi connectivity index (χ2n) is 6.20. The van der Waals surface area contributed by atoms with Gasteiger partial charge in [0.15, 0.2) is 0 Å². The molecule has 0 aliphatic heterocycles. The second-order valence-corrected chi connectivity index (χ2v) is 8.14. The molecular formula is C17H28ClN3O3S. The molecule has 0 atom stereocenters. The number of nitrogens with two attached hydrogens (primary N) is 1. The zero-order chi connectivity index (χ0) is 17.7. The summed E-state index contributed by atoms with van der Waals surface area (Å²) in [5.74, 6) is -0.165. The Kier molecular flexibility index (Phi) is 8.34. The Balaban J connectivity index is 0.00000312. The van der Waals surface area contributed by atoms with Gasteiger partial charge in [-0.15, -0.1) is 12.4 Å². The van der Waals surface area contributed by atoms with Gasteiger partial charge in [0.25, 0.3) is 5.91 Å². The zero-order valence-corrected chi connectivity index (χ0v) is 16.4. The lowest BCUT2D eigenvalue weighted by Gasteiger charge is -2.26. The molecular weight excluding hydrogens is 362 g/mol. The first-order valence-corrected chi connectivity index (χ1v) is 9.99. The van der Waals surface area contributed by atoms with Crippen molar-refractivity contribution in [1.82, 2.24) is 9.62 Å². The highest BCUT2D eigenvalue weighted by atomic mass is 35.5. The second kappa shape index (κ2) is 9.52. The normalized spacial score (nSPS) is 20.8. The maximum atomic E-state index is 12.4. The number of nitrogens with one attached hydrogen (secondary N) is 1. The third kappa shape index (κ3) is 5.41. The molecule has 1 aliphatic carbocycles. The molecule has 0 heterocycles. The average Bonchev–Trinajstić information content (AvgIpc) is 2.58. The highest BCUT2D eigenvalue weighted by molar-refractivity contribution is 7.89. The molecule has 1 fully saturated rings. The molecule has 1 aromatic carbocycles. The van der Waals surface area contributed by atoms with Gasteiger partial charge in [0, 0.05) is 30.7 Å². The summed E-state index contributed by atoms with van der Waals surface area (Å²) >= 11 is 0. The maximum Gasteiger partial charge on any atom is 0.251 e. The van der Waals surface area contributed by atoms with Crippen molar-refractivity contribution in [2.75, 3.05) is 13.1 Å². The first-order valence-electron chi connectivity index (χ1n) is 8.55. The van der Waals surface area contributed by atoms with Crippen molar-refractivity contribution in [2.24, 2.45) is 5.73 Å². The van der Waals surface area contributed by atoms with E-state index in [0.29, 0.717) is 18.7 Å². The first kappa shape index (κ1) is 21.9. The molecule has 8 heteroatoms. The Morgan fingerprint density at radius 1 is 1.12 bits per heavy atom. The number of carbonyl (C=O) groups is 1. The van der Waals surface area contributed by atoms with Crippen LogP contribution < -0.4 is 11.1 Å². The highest BCUT2D eigenvalue weighted by Crippen LogP contribution is 2.19. The van der Waals surface area contributed by atoms with Gasteiger partial charge in [-0.1, -0.05) is 13.8 Å². The van der Waals surface area contributed by atoms with Crippen LogP contribution in [-0.2, 0) is 10.0 Å². The summed E-state index contributed by atoms with van der Waals surface area (Å²) in [6, 6.07) is 6.53. The van der Waals surface area contributed by atoms with Crippen LogP contribution in [-0.4, -0.2) is 43.8 Å². The molecule has 6 nitrogen and oxygen atoms in total.